The summed E-state index contributed by atoms with van der Waals surface area (Å²) in [5.41, 5.74) is 1.20. The molecule has 0 radical (unpaired) electrons. The number of benzene rings is 1. The van der Waals surface area contributed by atoms with Gasteiger partial charge in [0, 0.05) is 24.8 Å². The number of hydrogen-bond donors (Lipinski definition) is 2. The molecule has 0 aliphatic rings. The molecule has 3 amide bonds. The number of aromatic nitrogens is 1. The van der Waals surface area contributed by atoms with E-state index in [0.717, 1.165) is 5.56 Å². The number of hydrogen-bond acceptors (Lipinski definition) is 5. The quantitative estimate of drug-likeness (QED) is 0.792. The number of urea groups is 1. The van der Waals surface area contributed by atoms with Crippen molar-refractivity contribution in [2.45, 2.75) is 6.54 Å². The second-order valence-corrected chi connectivity index (χ2v) is 5.88. The van der Waals surface area contributed by atoms with E-state index in [9.17, 15) is 9.59 Å². The second kappa shape index (κ2) is 9.99. The SMILES string of the molecule is CN(CCOC(=O)Nc1ccc(C#N)cn1)C(=O)NCc1ccccc1Cl. The number of likely N-dealkylation sites (N-methyl/N-ethyl adjacent to an activating group) is 1. The summed E-state index contributed by atoms with van der Waals surface area (Å²) < 4.78 is 5.01. The zero-order valence-corrected chi connectivity index (χ0v) is 15.4. The van der Waals surface area contributed by atoms with Crippen LogP contribution in [-0.2, 0) is 11.3 Å². The number of nitriles is 1. The number of pyridine rings is 1. The predicted molar refractivity (Wildman–Crippen MR) is 100 cm³/mol. The van der Waals surface area contributed by atoms with Gasteiger partial charge in [-0.15, -0.1) is 0 Å². The number of rotatable bonds is 6. The van der Waals surface area contributed by atoms with Gasteiger partial charge in [-0.3, -0.25) is 5.32 Å². The van der Waals surface area contributed by atoms with E-state index in [-0.39, 0.29) is 25.0 Å². The fourth-order valence-electron chi connectivity index (χ4n) is 2.00. The molecule has 9 heteroatoms. The number of carbonyl (C=O) groups is 2. The Morgan fingerprint density at radius 3 is 2.74 bits per heavy atom. The van der Waals surface area contributed by atoms with Crippen LogP contribution in [-0.4, -0.2) is 42.2 Å². The van der Waals surface area contributed by atoms with E-state index in [0.29, 0.717) is 17.1 Å². The van der Waals surface area contributed by atoms with Crippen molar-refractivity contribution in [3.63, 3.8) is 0 Å². The molecule has 0 saturated carbocycles. The molecule has 2 rings (SSSR count). The van der Waals surface area contributed by atoms with Gasteiger partial charge in [0.05, 0.1) is 12.1 Å². The number of nitrogens with zero attached hydrogens (tertiary/aromatic N) is 3. The highest BCUT2D eigenvalue weighted by Crippen LogP contribution is 2.14. The average Bonchev–Trinajstić information content (AvgIpc) is 2.67. The van der Waals surface area contributed by atoms with Gasteiger partial charge in [0.25, 0.3) is 0 Å². The molecule has 0 aliphatic heterocycles. The summed E-state index contributed by atoms with van der Waals surface area (Å²) in [4.78, 5) is 29.0. The van der Waals surface area contributed by atoms with Gasteiger partial charge in [0.1, 0.15) is 18.5 Å². The van der Waals surface area contributed by atoms with Crippen LogP contribution in [0.3, 0.4) is 0 Å². The maximum atomic E-state index is 12.0. The Morgan fingerprint density at radius 1 is 1.30 bits per heavy atom. The van der Waals surface area contributed by atoms with Gasteiger partial charge in [0.15, 0.2) is 0 Å². The lowest BCUT2D eigenvalue weighted by molar-refractivity contribution is 0.146. The van der Waals surface area contributed by atoms with Crippen molar-refractivity contribution >= 4 is 29.5 Å². The summed E-state index contributed by atoms with van der Waals surface area (Å²) in [6.07, 6.45) is 0.643. The third-order valence-corrected chi connectivity index (χ3v) is 3.89. The summed E-state index contributed by atoms with van der Waals surface area (Å²) >= 11 is 6.04. The summed E-state index contributed by atoms with van der Waals surface area (Å²) in [5.74, 6) is 0.268. The van der Waals surface area contributed by atoms with E-state index in [4.69, 9.17) is 21.6 Å². The van der Waals surface area contributed by atoms with E-state index < -0.39 is 6.09 Å². The van der Waals surface area contributed by atoms with Crippen molar-refractivity contribution < 1.29 is 14.3 Å². The van der Waals surface area contributed by atoms with Crippen molar-refractivity contribution in [1.82, 2.24) is 15.2 Å². The summed E-state index contributed by atoms with van der Waals surface area (Å²) in [6.45, 7) is 0.523. The first kappa shape index (κ1) is 20.0. The molecule has 0 saturated heterocycles. The van der Waals surface area contributed by atoms with Crippen LogP contribution in [0.4, 0.5) is 15.4 Å². The smallest absolute Gasteiger partial charge is 0.412 e. The standard InChI is InChI=1S/C18H18ClN5O3/c1-24(17(25)22-12-14-4-2-3-5-15(14)19)8-9-27-18(26)23-16-7-6-13(10-20)11-21-16/h2-7,11H,8-9,12H2,1H3,(H,22,25)(H,21,23,26). The Morgan fingerprint density at radius 2 is 2.07 bits per heavy atom. The van der Waals surface area contributed by atoms with Gasteiger partial charge in [0.2, 0.25) is 0 Å². The zero-order chi connectivity index (χ0) is 19.6. The molecule has 27 heavy (non-hydrogen) atoms. The highest BCUT2D eigenvalue weighted by atomic mass is 35.5. The first-order valence-corrected chi connectivity index (χ1v) is 8.39. The van der Waals surface area contributed by atoms with Gasteiger partial charge in [-0.25, -0.2) is 14.6 Å². The van der Waals surface area contributed by atoms with Gasteiger partial charge in [-0.1, -0.05) is 29.8 Å². The van der Waals surface area contributed by atoms with E-state index in [1.807, 2.05) is 24.3 Å². The molecule has 8 nitrogen and oxygen atoms in total. The maximum absolute atomic E-state index is 12.0. The minimum absolute atomic E-state index is 0.0120. The third kappa shape index (κ3) is 6.49. The molecule has 0 spiro atoms. The lowest BCUT2D eigenvalue weighted by Crippen LogP contribution is -2.39. The first-order valence-electron chi connectivity index (χ1n) is 8.02. The summed E-state index contributed by atoms with van der Waals surface area (Å²) in [6, 6.07) is 11.9. The van der Waals surface area contributed by atoms with Crippen molar-refractivity contribution in [1.29, 1.82) is 5.26 Å². The van der Waals surface area contributed by atoms with Crippen molar-refractivity contribution in [2.75, 3.05) is 25.5 Å². The maximum Gasteiger partial charge on any atom is 0.412 e. The number of nitrogens with one attached hydrogen (secondary N) is 2. The summed E-state index contributed by atoms with van der Waals surface area (Å²) in [5, 5.41) is 14.4. The van der Waals surface area contributed by atoms with Crippen molar-refractivity contribution in [3.05, 3.63) is 58.7 Å². The van der Waals surface area contributed by atoms with Crippen LogP contribution >= 0.6 is 11.6 Å². The van der Waals surface area contributed by atoms with Crippen LogP contribution < -0.4 is 10.6 Å². The molecule has 0 bridgehead atoms. The molecule has 1 heterocycles. The van der Waals surface area contributed by atoms with Gasteiger partial charge in [-0.2, -0.15) is 5.26 Å². The Balaban J connectivity index is 1.69. The number of carbonyl (C=O) groups excluding carboxylic acids is 2. The lowest BCUT2D eigenvalue weighted by Gasteiger charge is -2.18. The second-order valence-electron chi connectivity index (χ2n) is 5.48. The highest BCUT2D eigenvalue weighted by Gasteiger charge is 2.10. The van der Waals surface area contributed by atoms with Crippen LogP contribution in [0.15, 0.2) is 42.6 Å². The normalized spacial score (nSPS) is 9.81. The highest BCUT2D eigenvalue weighted by molar-refractivity contribution is 6.31. The molecule has 2 aromatic rings. The molecule has 0 aliphatic carbocycles. The third-order valence-electron chi connectivity index (χ3n) is 3.52. The largest absolute Gasteiger partial charge is 0.447 e. The van der Waals surface area contributed by atoms with E-state index in [1.165, 1.54) is 23.2 Å². The monoisotopic (exact) mass is 387 g/mol. The number of anilines is 1. The first-order chi connectivity index (χ1) is 13.0. The van der Waals surface area contributed by atoms with E-state index in [2.05, 4.69) is 15.6 Å². The van der Waals surface area contributed by atoms with E-state index >= 15 is 0 Å². The predicted octanol–water partition coefficient (Wildman–Crippen LogP) is 3.00. The fraction of sp³-hybridized carbons (Fsp3) is 0.222. The fourth-order valence-corrected chi connectivity index (χ4v) is 2.20. The van der Waals surface area contributed by atoms with Crippen LogP contribution in [0.5, 0.6) is 0 Å². The Kier molecular flexibility index (Phi) is 7.40. The van der Waals surface area contributed by atoms with Crippen LogP contribution in [0.1, 0.15) is 11.1 Å². The lowest BCUT2D eigenvalue weighted by atomic mass is 10.2. The average molecular weight is 388 g/mol. The van der Waals surface area contributed by atoms with Gasteiger partial charge >= 0.3 is 12.1 Å². The molecular formula is C18H18ClN5O3. The van der Waals surface area contributed by atoms with Crippen molar-refractivity contribution in [3.8, 4) is 6.07 Å². The topological polar surface area (TPSA) is 107 Å². The Bertz CT molecular complexity index is 836. The minimum Gasteiger partial charge on any atom is -0.447 e. The summed E-state index contributed by atoms with van der Waals surface area (Å²) in [7, 11) is 1.59. The zero-order valence-electron chi connectivity index (χ0n) is 14.6. The number of halogens is 1. The van der Waals surface area contributed by atoms with Gasteiger partial charge in [-0.05, 0) is 23.8 Å². The molecule has 0 unspecified atom stereocenters. The van der Waals surface area contributed by atoms with Crippen LogP contribution in [0.25, 0.3) is 0 Å². The number of ether oxygens (including phenoxy) is 1. The van der Waals surface area contributed by atoms with Crippen molar-refractivity contribution in [2.24, 2.45) is 0 Å². The Hall–Kier alpha value is -3.31. The molecule has 0 atom stereocenters. The molecular weight excluding hydrogens is 370 g/mol. The van der Waals surface area contributed by atoms with E-state index in [1.54, 1.807) is 13.1 Å². The molecule has 140 valence electrons. The van der Waals surface area contributed by atoms with Crippen LogP contribution in [0.2, 0.25) is 5.02 Å². The van der Waals surface area contributed by atoms with Crippen LogP contribution in [0, 0.1) is 11.3 Å². The minimum atomic E-state index is -0.697. The number of amides is 3. The molecule has 2 N–H and O–H groups in total. The van der Waals surface area contributed by atoms with Gasteiger partial charge < -0.3 is 15.0 Å². The molecule has 1 aromatic heterocycles. The molecule has 1 aromatic carbocycles. The Labute approximate surface area is 161 Å². The molecule has 0 fully saturated rings.